The van der Waals surface area contributed by atoms with Gasteiger partial charge in [0.2, 0.25) is 5.91 Å². The van der Waals surface area contributed by atoms with Gasteiger partial charge >= 0.3 is 5.97 Å². The molecule has 1 aliphatic rings. The number of carbonyl (C=O) groups excluding carboxylic acids is 3. The quantitative estimate of drug-likeness (QED) is 0.302. The van der Waals surface area contributed by atoms with Gasteiger partial charge in [-0.05, 0) is 55.8 Å². The summed E-state index contributed by atoms with van der Waals surface area (Å²) in [7, 11) is 0. The van der Waals surface area contributed by atoms with Crippen LogP contribution in [0.25, 0.3) is 0 Å². The molecule has 0 saturated heterocycles. The molecule has 2 heterocycles. The number of thioether (sulfide) groups is 1. The van der Waals surface area contributed by atoms with E-state index in [9.17, 15) is 19.6 Å². The molecule has 1 atom stereocenters. The van der Waals surface area contributed by atoms with E-state index in [1.54, 1.807) is 50.2 Å². The van der Waals surface area contributed by atoms with E-state index in [1.165, 1.54) is 18.0 Å². The maximum Gasteiger partial charge on any atom is 0.338 e. The maximum atomic E-state index is 13.5. The Balaban J connectivity index is 1.51. The van der Waals surface area contributed by atoms with E-state index in [0.717, 1.165) is 5.56 Å². The molecule has 0 fully saturated rings. The van der Waals surface area contributed by atoms with Crippen LogP contribution in [0.15, 0.2) is 99.3 Å². The van der Waals surface area contributed by atoms with Gasteiger partial charge in [-0.2, -0.15) is 5.26 Å². The summed E-state index contributed by atoms with van der Waals surface area (Å²) in [5.74, 6) is -1.36. The van der Waals surface area contributed by atoms with E-state index in [0.29, 0.717) is 39.9 Å². The second-order valence-corrected chi connectivity index (χ2v) is 9.76. The molecule has 0 bridgehead atoms. The van der Waals surface area contributed by atoms with E-state index in [1.807, 2.05) is 30.3 Å². The van der Waals surface area contributed by atoms with Crippen LogP contribution < -0.4 is 16.0 Å². The highest BCUT2D eigenvalue weighted by atomic mass is 32.2. The summed E-state index contributed by atoms with van der Waals surface area (Å²) in [5, 5.41) is 19.5. The van der Waals surface area contributed by atoms with E-state index >= 15 is 0 Å². The van der Waals surface area contributed by atoms with Crippen molar-refractivity contribution in [3.8, 4) is 6.07 Å². The van der Waals surface area contributed by atoms with Crippen molar-refractivity contribution in [3.63, 3.8) is 0 Å². The minimum atomic E-state index is -0.782. The van der Waals surface area contributed by atoms with Gasteiger partial charge in [0.1, 0.15) is 5.76 Å². The van der Waals surface area contributed by atoms with Crippen molar-refractivity contribution in [3.05, 3.63) is 112 Å². The van der Waals surface area contributed by atoms with E-state index in [4.69, 9.17) is 9.15 Å². The molecule has 3 aromatic rings. The van der Waals surface area contributed by atoms with Crippen LogP contribution >= 0.6 is 11.8 Å². The number of benzene rings is 2. The third-order valence-electron chi connectivity index (χ3n) is 6.05. The molecule has 40 heavy (non-hydrogen) atoms. The van der Waals surface area contributed by atoms with Crippen LogP contribution in [-0.4, -0.2) is 30.1 Å². The van der Waals surface area contributed by atoms with E-state index < -0.39 is 17.8 Å². The molecule has 0 aliphatic carbocycles. The summed E-state index contributed by atoms with van der Waals surface area (Å²) in [6.45, 7) is 4.12. The third-order valence-corrected chi connectivity index (χ3v) is 7.07. The number of nitrogens with one attached hydrogen (secondary N) is 3. The SMILES string of the molecule is CCOC(=O)c1ccc(NC(=O)C2=C(C)NC(SCC(=O)NCc3ccccc3)=C(C#N)C2c2ccco2)cc1. The number of esters is 1. The molecule has 3 N–H and O–H groups in total. The lowest BCUT2D eigenvalue weighted by atomic mass is 9.85. The number of carbonyl (C=O) groups is 3. The summed E-state index contributed by atoms with van der Waals surface area (Å²) < 4.78 is 10.6. The number of hydrogen-bond donors (Lipinski definition) is 3. The van der Waals surface area contributed by atoms with Gasteiger partial charge in [-0.1, -0.05) is 42.1 Å². The van der Waals surface area contributed by atoms with Gasteiger partial charge in [0, 0.05) is 17.9 Å². The normalized spacial score (nSPS) is 14.7. The Morgan fingerprint density at radius 2 is 1.82 bits per heavy atom. The Hall–Kier alpha value is -4.75. The van der Waals surface area contributed by atoms with Crippen molar-refractivity contribution in [1.82, 2.24) is 10.6 Å². The number of nitriles is 1. The van der Waals surface area contributed by atoms with Crippen molar-refractivity contribution >= 4 is 35.2 Å². The largest absolute Gasteiger partial charge is 0.468 e. The number of rotatable bonds is 10. The van der Waals surface area contributed by atoms with Gasteiger partial charge < -0.3 is 25.1 Å². The molecule has 0 saturated carbocycles. The van der Waals surface area contributed by atoms with Crippen LogP contribution in [0.5, 0.6) is 0 Å². The standard InChI is InChI=1S/C30H28N4O5S/c1-3-38-30(37)21-11-13-22(14-12-21)34-28(36)26-19(2)33-29(23(16-31)27(26)24-10-7-15-39-24)40-18-25(35)32-17-20-8-5-4-6-9-20/h4-15,27,33H,3,17-18H2,1-2H3,(H,32,35)(H,34,36). The summed E-state index contributed by atoms with van der Waals surface area (Å²) in [6, 6.07) is 21.5. The molecule has 0 radical (unpaired) electrons. The number of allylic oxidation sites excluding steroid dienone is 2. The highest BCUT2D eigenvalue weighted by Gasteiger charge is 2.36. The summed E-state index contributed by atoms with van der Waals surface area (Å²) >= 11 is 1.19. The Labute approximate surface area is 236 Å². The Bertz CT molecular complexity index is 1470. The van der Waals surface area contributed by atoms with Crippen LogP contribution in [0.2, 0.25) is 0 Å². The predicted molar refractivity (Wildman–Crippen MR) is 152 cm³/mol. The lowest BCUT2D eigenvalue weighted by molar-refractivity contribution is -0.118. The molecule has 10 heteroatoms. The molecule has 1 aromatic heterocycles. The molecule has 4 rings (SSSR count). The Morgan fingerprint density at radius 3 is 2.48 bits per heavy atom. The number of ether oxygens (including phenoxy) is 1. The predicted octanol–water partition coefficient (Wildman–Crippen LogP) is 4.84. The Kier molecular flexibility index (Phi) is 9.44. The Morgan fingerprint density at radius 1 is 1.07 bits per heavy atom. The molecule has 0 spiro atoms. The van der Waals surface area contributed by atoms with Crippen molar-refractivity contribution in [2.75, 3.05) is 17.7 Å². The van der Waals surface area contributed by atoms with Crippen molar-refractivity contribution in [2.24, 2.45) is 0 Å². The van der Waals surface area contributed by atoms with Crippen LogP contribution in [-0.2, 0) is 20.9 Å². The zero-order valence-electron chi connectivity index (χ0n) is 22.0. The average Bonchev–Trinajstić information content (AvgIpc) is 3.50. The van der Waals surface area contributed by atoms with Crippen LogP contribution in [0.1, 0.15) is 41.4 Å². The topological polar surface area (TPSA) is 133 Å². The number of dihydropyridines is 1. The van der Waals surface area contributed by atoms with Crippen LogP contribution in [0.3, 0.4) is 0 Å². The molecular weight excluding hydrogens is 528 g/mol. The lowest BCUT2D eigenvalue weighted by Crippen LogP contribution is -2.31. The van der Waals surface area contributed by atoms with E-state index in [2.05, 4.69) is 22.0 Å². The van der Waals surface area contributed by atoms with Crippen molar-refractivity contribution < 1.29 is 23.5 Å². The highest BCUT2D eigenvalue weighted by Crippen LogP contribution is 2.41. The molecule has 1 unspecified atom stereocenters. The number of furan rings is 1. The van der Waals surface area contributed by atoms with Gasteiger partial charge in [0.25, 0.3) is 5.91 Å². The molecule has 2 aromatic carbocycles. The van der Waals surface area contributed by atoms with Gasteiger partial charge in [-0.3, -0.25) is 9.59 Å². The zero-order chi connectivity index (χ0) is 28.5. The highest BCUT2D eigenvalue weighted by molar-refractivity contribution is 8.03. The van der Waals surface area contributed by atoms with Crippen molar-refractivity contribution in [2.45, 2.75) is 26.3 Å². The summed E-state index contributed by atoms with van der Waals surface area (Å²) in [6.07, 6.45) is 1.48. The first kappa shape index (κ1) is 28.3. The van der Waals surface area contributed by atoms with Crippen molar-refractivity contribution in [1.29, 1.82) is 5.26 Å². The zero-order valence-corrected chi connectivity index (χ0v) is 22.8. The van der Waals surface area contributed by atoms with E-state index in [-0.39, 0.29) is 23.8 Å². The summed E-state index contributed by atoms with van der Waals surface area (Å²) in [4.78, 5) is 38.0. The number of nitrogens with zero attached hydrogens (tertiary/aromatic N) is 1. The second kappa shape index (κ2) is 13.4. The first-order valence-corrected chi connectivity index (χ1v) is 13.6. The molecule has 1 aliphatic heterocycles. The average molecular weight is 557 g/mol. The number of anilines is 1. The van der Waals surface area contributed by atoms with Gasteiger partial charge in [-0.15, -0.1) is 0 Å². The smallest absolute Gasteiger partial charge is 0.338 e. The molecule has 9 nitrogen and oxygen atoms in total. The minimum absolute atomic E-state index is 0.0762. The maximum absolute atomic E-state index is 13.5. The molecular formula is C30H28N4O5S. The van der Waals surface area contributed by atoms with Crippen LogP contribution in [0.4, 0.5) is 5.69 Å². The fourth-order valence-corrected chi connectivity index (χ4v) is 5.08. The summed E-state index contributed by atoms with van der Waals surface area (Å²) in [5.41, 5.74) is 2.91. The first-order chi connectivity index (χ1) is 19.4. The minimum Gasteiger partial charge on any atom is -0.468 e. The van der Waals surface area contributed by atoms with Gasteiger partial charge in [0.05, 0.1) is 52.3 Å². The fourth-order valence-electron chi connectivity index (χ4n) is 4.16. The van der Waals surface area contributed by atoms with Crippen LogP contribution in [0, 0.1) is 11.3 Å². The lowest BCUT2D eigenvalue weighted by Gasteiger charge is -2.28. The number of amides is 2. The molecule has 2 amide bonds. The molecule has 204 valence electrons. The fraction of sp³-hybridized carbons (Fsp3) is 0.200. The van der Waals surface area contributed by atoms with Gasteiger partial charge in [-0.25, -0.2) is 4.79 Å². The van der Waals surface area contributed by atoms with Gasteiger partial charge in [0.15, 0.2) is 0 Å². The second-order valence-electron chi connectivity index (χ2n) is 8.77. The monoisotopic (exact) mass is 556 g/mol. The number of hydrogen-bond acceptors (Lipinski definition) is 8. The first-order valence-electron chi connectivity index (χ1n) is 12.6. The third kappa shape index (κ3) is 6.81.